The summed E-state index contributed by atoms with van der Waals surface area (Å²) in [5.74, 6) is 8.03. The minimum absolute atomic E-state index is 0.0544. The lowest BCUT2D eigenvalue weighted by Gasteiger charge is -2.43. The topological polar surface area (TPSA) is 18.5 Å². The van der Waals surface area contributed by atoms with E-state index >= 15 is 0 Å². The first-order valence-electron chi connectivity index (χ1n) is 14.9. The normalized spacial score (nSPS) is 39.4. The molecule has 0 aromatic heterocycles. The van der Waals surface area contributed by atoms with E-state index in [-0.39, 0.29) is 11.9 Å². The van der Waals surface area contributed by atoms with Crippen LogP contribution in [0.25, 0.3) is 0 Å². The summed E-state index contributed by atoms with van der Waals surface area (Å²) >= 11 is 0. The summed E-state index contributed by atoms with van der Waals surface area (Å²) in [6, 6.07) is 9.14. The highest BCUT2D eigenvalue weighted by Crippen LogP contribution is 2.62. The van der Waals surface area contributed by atoms with E-state index in [9.17, 15) is 0 Å². The summed E-state index contributed by atoms with van der Waals surface area (Å²) in [7, 11) is 0. The number of ether oxygens (including phenoxy) is 2. The third-order valence-electron chi connectivity index (χ3n) is 10.9. The molecule has 1 aromatic rings. The lowest BCUT2D eigenvalue weighted by molar-refractivity contribution is -0.215. The summed E-state index contributed by atoms with van der Waals surface area (Å²) in [6.45, 7) is 9.40. The van der Waals surface area contributed by atoms with Crippen molar-refractivity contribution < 1.29 is 9.47 Å². The summed E-state index contributed by atoms with van der Waals surface area (Å²) in [5, 5.41) is 0. The van der Waals surface area contributed by atoms with Crippen molar-refractivity contribution in [3.63, 3.8) is 0 Å². The fourth-order valence-corrected chi connectivity index (χ4v) is 9.88. The van der Waals surface area contributed by atoms with Gasteiger partial charge >= 0.3 is 0 Å². The van der Waals surface area contributed by atoms with Gasteiger partial charge in [-0.15, -0.1) is 0 Å². The van der Waals surface area contributed by atoms with Crippen molar-refractivity contribution in [2.24, 2.45) is 47.3 Å². The Morgan fingerprint density at radius 1 is 0.765 bits per heavy atom. The molecule has 6 unspecified atom stereocenters. The molecule has 0 saturated heterocycles. The molecular weight excluding hydrogens is 416 g/mol. The average Bonchev–Trinajstić information content (AvgIpc) is 3.41. The highest BCUT2D eigenvalue weighted by molar-refractivity contribution is 5.30. The average molecular weight is 465 g/mol. The van der Waals surface area contributed by atoms with Gasteiger partial charge in [0.05, 0.1) is 5.60 Å². The maximum atomic E-state index is 7.24. The lowest BCUT2D eigenvalue weighted by Crippen LogP contribution is -2.45. The molecule has 0 heterocycles. The van der Waals surface area contributed by atoms with Gasteiger partial charge in [-0.2, -0.15) is 0 Å². The summed E-state index contributed by atoms with van der Waals surface area (Å²) < 4.78 is 14.1. The molecule has 0 radical (unpaired) electrons. The van der Waals surface area contributed by atoms with E-state index in [1.54, 1.807) is 0 Å². The quantitative estimate of drug-likeness (QED) is 0.359. The number of benzene rings is 1. The molecule has 0 spiro atoms. The van der Waals surface area contributed by atoms with Crippen LogP contribution in [0.1, 0.15) is 110 Å². The van der Waals surface area contributed by atoms with Gasteiger partial charge in [-0.25, -0.2) is 0 Å². The van der Waals surface area contributed by atoms with Crippen molar-refractivity contribution in [3.05, 3.63) is 29.8 Å². The third-order valence-corrected chi connectivity index (χ3v) is 10.9. The molecule has 7 rings (SSSR count). The molecule has 2 nitrogen and oxygen atoms in total. The van der Waals surface area contributed by atoms with Crippen molar-refractivity contribution in [2.75, 3.05) is 0 Å². The first-order chi connectivity index (χ1) is 16.4. The highest BCUT2D eigenvalue weighted by atomic mass is 16.7. The van der Waals surface area contributed by atoms with Crippen LogP contribution < -0.4 is 4.74 Å². The molecule has 6 aliphatic rings. The van der Waals surface area contributed by atoms with Crippen LogP contribution in [0, 0.1) is 47.3 Å². The highest BCUT2D eigenvalue weighted by Gasteiger charge is 2.58. The van der Waals surface area contributed by atoms with Crippen molar-refractivity contribution >= 4 is 0 Å². The van der Waals surface area contributed by atoms with Crippen molar-refractivity contribution in [1.29, 1.82) is 0 Å². The van der Waals surface area contributed by atoms with Gasteiger partial charge in [-0.05, 0) is 116 Å². The zero-order valence-electron chi connectivity index (χ0n) is 22.2. The van der Waals surface area contributed by atoms with Gasteiger partial charge in [-0.3, -0.25) is 0 Å². The van der Waals surface area contributed by atoms with E-state index in [0.717, 1.165) is 35.3 Å². The van der Waals surface area contributed by atoms with Crippen LogP contribution in [-0.2, 0) is 4.74 Å². The Kier molecular flexibility index (Phi) is 6.28. The third kappa shape index (κ3) is 4.25. The summed E-state index contributed by atoms with van der Waals surface area (Å²) in [4.78, 5) is 0. The maximum absolute atomic E-state index is 7.24. The number of hydrogen-bond donors (Lipinski definition) is 0. The summed E-state index contributed by atoms with van der Waals surface area (Å²) in [6.07, 6.45) is 15.2. The Balaban J connectivity index is 1.23. The van der Waals surface area contributed by atoms with Gasteiger partial charge in [0.15, 0.2) is 0 Å². The Bertz CT molecular complexity index is 814. The second-order valence-corrected chi connectivity index (χ2v) is 13.8. The molecule has 1 aromatic carbocycles. The van der Waals surface area contributed by atoms with Crippen LogP contribution in [0.4, 0.5) is 0 Å². The van der Waals surface area contributed by atoms with Gasteiger partial charge < -0.3 is 9.47 Å². The number of rotatable bonds is 8. The molecule has 34 heavy (non-hydrogen) atoms. The van der Waals surface area contributed by atoms with Crippen LogP contribution in [0.5, 0.6) is 5.75 Å². The van der Waals surface area contributed by atoms with Crippen LogP contribution in [-0.4, -0.2) is 11.9 Å². The molecule has 0 N–H and O–H groups in total. The van der Waals surface area contributed by atoms with Crippen LogP contribution in [0.15, 0.2) is 24.3 Å². The molecule has 6 atom stereocenters. The van der Waals surface area contributed by atoms with Gasteiger partial charge in [-0.1, -0.05) is 59.1 Å². The molecule has 4 bridgehead atoms. The monoisotopic (exact) mass is 464 g/mol. The van der Waals surface area contributed by atoms with Crippen LogP contribution in [0.3, 0.4) is 0 Å². The second-order valence-electron chi connectivity index (χ2n) is 13.8. The Hall–Kier alpha value is -1.02. The van der Waals surface area contributed by atoms with E-state index in [0.29, 0.717) is 23.7 Å². The summed E-state index contributed by atoms with van der Waals surface area (Å²) in [5.41, 5.74) is 1.57. The maximum Gasteiger partial charge on any atom is 0.203 e. The van der Waals surface area contributed by atoms with Gasteiger partial charge in [0.25, 0.3) is 0 Å². The fourth-order valence-electron chi connectivity index (χ4n) is 9.88. The SMILES string of the molecule is CC(C)C(c1ccc(OC(OC23CC4CC(C2)C(C4)C3)C2CCC3CCCCC32)cc1)C(C)C. The molecular formula is C32H48O2. The zero-order chi connectivity index (χ0) is 23.4. The standard InChI is InChI=1S/C32H48O2/c1-20(2)30(21(3)4)24-9-12-27(13-10-24)33-31(29-14-11-23-7-5-6-8-28(23)29)34-32-17-22-15-25(18-32)26(16-22)19-32/h9-10,12-13,20-23,25-26,28-31H,5-8,11,14-19H2,1-4H3. The molecule has 6 fully saturated rings. The van der Waals surface area contributed by atoms with Crippen LogP contribution >= 0.6 is 0 Å². The van der Waals surface area contributed by atoms with E-state index < -0.39 is 0 Å². The van der Waals surface area contributed by atoms with Crippen LogP contribution in [0.2, 0.25) is 0 Å². The number of hydrogen-bond acceptors (Lipinski definition) is 2. The fraction of sp³-hybridized carbons (Fsp3) is 0.812. The molecule has 6 aliphatic carbocycles. The van der Waals surface area contributed by atoms with E-state index in [2.05, 4.69) is 52.0 Å². The van der Waals surface area contributed by atoms with Gasteiger partial charge in [0, 0.05) is 5.92 Å². The van der Waals surface area contributed by atoms with E-state index in [1.807, 2.05) is 0 Å². The first kappa shape index (κ1) is 23.4. The van der Waals surface area contributed by atoms with Gasteiger partial charge in [0.2, 0.25) is 6.29 Å². The smallest absolute Gasteiger partial charge is 0.203 e. The molecule has 188 valence electrons. The van der Waals surface area contributed by atoms with Crippen molar-refractivity contribution in [2.45, 2.75) is 116 Å². The minimum Gasteiger partial charge on any atom is -0.465 e. The largest absolute Gasteiger partial charge is 0.465 e. The van der Waals surface area contributed by atoms with Crippen molar-refractivity contribution in [1.82, 2.24) is 0 Å². The van der Waals surface area contributed by atoms with E-state index in [4.69, 9.17) is 9.47 Å². The molecule has 2 heteroatoms. The zero-order valence-corrected chi connectivity index (χ0v) is 22.2. The lowest BCUT2D eigenvalue weighted by atomic mass is 9.76. The number of fused-ring (bicyclic) bond motifs is 1. The molecule has 0 aliphatic heterocycles. The Labute approximate surface area is 208 Å². The second kappa shape index (κ2) is 9.13. The molecule has 0 amide bonds. The molecule has 6 saturated carbocycles. The van der Waals surface area contributed by atoms with Gasteiger partial charge in [0.1, 0.15) is 5.75 Å². The first-order valence-corrected chi connectivity index (χ1v) is 14.9. The minimum atomic E-state index is -0.0544. The van der Waals surface area contributed by atoms with Crippen molar-refractivity contribution in [3.8, 4) is 5.75 Å². The predicted octanol–water partition coefficient (Wildman–Crippen LogP) is 8.60. The Morgan fingerprint density at radius 3 is 2.09 bits per heavy atom. The predicted molar refractivity (Wildman–Crippen MR) is 139 cm³/mol. The van der Waals surface area contributed by atoms with E-state index in [1.165, 1.54) is 76.2 Å². The Morgan fingerprint density at radius 2 is 1.44 bits per heavy atom.